The minimum Gasteiger partial charge on any atom is -0.322 e. The molecule has 0 saturated carbocycles. The molecule has 3 aromatic rings. The van der Waals surface area contributed by atoms with Gasteiger partial charge in [0.15, 0.2) is 0 Å². The number of alkyl halides is 3. The predicted octanol–water partition coefficient (Wildman–Crippen LogP) is 5.77. The van der Waals surface area contributed by atoms with Gasteiger partial charge in [-0.3, -0.25) is 14.3 Å². The zero-order valence-corrected chi connectivity index (χ0v) is 19.5. The van der Waals surface area contributed by atoms with Crippen molar-refractivity contribution in [2.75, 3.05) is 10.6 Å². The van der Waals surface area contributed by atoms with Crippen LogP contribution < -0.4 is 10.6 Å². The van der Waals surface area contributed by atoms with Crippen molar-refractivity contribution < 1.29 is 22.8 Å². The molecule has 1 aliphatic heterocycles. The Morgan fingerprint density at radius 2 is 1.69 bits per heavy atom. The minimum atomic E-state index is -4.69. The Morgan fingerprint density at radius 1 is 1.03 bits per heavy atom. The van der Waals surface area contributed by atoms with E-state index in [0.29, 0.717) is 22.8 Å². The quantitative estimate of drug-likeness (QED) is 0.309. The molecule has 0 spiro atoms. The molecule has 0 radical (unpaired) electrons. The summed E-state index contributed by atoms with van der Waals surface area (Å²) in [4.78, 5) is 24.8. The van der Waals surface area contributed by atoms with E-state index in [1.807, 2.05) is 0 Å². The number of nitrogens with zero attached hydrogens (tertiary/aromatic N) is 4. The van der Waals surface area contributed by atoms with Gasteiger partial charge < -0.3 is 10.6 Å². The number of halogens is 4. The maximum Gasteiger partial charge on any atom is 0.442 e. The highest BCUT2D eigenvalue weighted by Gasteiger charge is 2.65. The Balaban J connectivity index is 1.47. The number of anilines is 2. The first-order valence-corrected chi connectivity index (χ1v) is 10.7. The third kappa shape index (κ3) is 4.78. The van der Waals surface area contributed by atoms with E-state index in [9.17, 15) is 22.8 Å². The summed E-state index contributed by atoms with van der Waals surface area (Å²) in [6, 6.07) is 13.4. The summed E-state index contributed by atoms with van der Waals surface area (Å²) in [5, 5.41) is 16.0. The van der Waals surface area contributed by atoms with Gasteiger partial charge in [-0.1, -0.05) is 49.0 Å². The summed E-state index contributed by atoms with van der Waals surface area (Å²) in [5.74, 6) is -0.788. The first-order chi connectivity index (χ1) is 16.9. The van der Waals surface area contributed by atoms with Crippen LogP contribution in [0.3, 0.4) is 0 Å². The molecule has 4 rings (SSSR count). The van der Waals surface area contributed by atoms with Crippen LogP contribution in [0.5, 0.6) is 0 Å². The van der Waals surface area contributed by atoms with Crippen LogP contribution in [0.2, 0.25) is 0 Å². The van der Waals surface area contributed by atoms with Crippen molar-refractivity contribution in [3.63, 3.8) is 0 Å². The lowest BCUT2D eigenvalue weighted by atomic mass is 10.00. The smallest absolute Gasteiger partial charge is 0.322 e. The number of benzene rings is 2. The summed E-state index contributed by atoms with van der Waals surface area (Å²) < 4.78 is 41.3. The molecule has 2 aromatic carbocycles. The number of amides is 2. The Kier molecular flexibility index (Phi) is 6.27. The number of aryl methyl sites for hydroxylation is 1. The lowest BCUT2D eigenvalue weighted by Crippen LogP contribution is -2.30. The molecule has 0 fully saturated rings. The molecule has 1 aromatic heterocycles. The molecule has 2 amide bonds. The molecule has 0 atom stereocenters. The van der Waals surface area contributed by atoms with E-state index in [1.165, 1.54) is 22.9 Å². The Labute approximate surface area is 208 Å². The van der Waals surface area contributed by atoms with E-state index < -0.39 is 23.7 Å². The fourth-order valence-corrected chi connectivity index (χ4v) is 3.37. The molecule has 12 heteroatoms. The Morgan fingerprint density at radius 3 is 2.28 bits per heavy atom. The number of hydrogen-bond acceptors (Lipinski definition) is 5. The molecule has 2 N–H and O–H groups in total. The maximum absolute atomic E-state index is 13.3. The second-order valence-electron chi connectivity index (χ2n) is 7.86. The topological polar surface area (TPSA) is 101 Å². The molecule has 0 saturated heterocycles. The summed E-state index contributed by atoms with van der Waals surface area (Å²) in [6.45, 7) is 7.01. The predicted molar refractivity (Wildman–Crippen MR) is 128 cm³/mol. The van der Waals surface area contributed by atoms with Gasteiger partial charge in [0, 0.05) is 40.5 Å². The fraction of sp³-hybridized carbons (Fsp3) is 0.125. The first kappa shape index (κ1) is 24.9. The highest BCUT2D eigenvalue weighted by atomic mass is 35.5. The number of hydrogen-bond donors (Lipinski definition) is 2. The SMILES string of the molecule is C=C(Cl)C(=C)C(=O)Nc1ccc(-c2cc(NC(=O)c3cccc(C4(C(F)(F)F)N=N4)c3)n(C)n2)cc1. The largest absolute Gasteiger partial charge is 0.442 e. The van der Waals surface area contributed by atoms with Crippen molar-refractivity contribution in [1.82, 2.24) is 9.78 Å². The van der Waals surface area contributed by atoms with Gasteiger partial charge in [-0.25, -0.2) is 0 Å². The standard InChI is InChI=1S/C24H18ClF3N6O2/c1-13(14(2)25)21(35)29-18-9-7-15(8-10-18)19-12-20(34(3)31-19)30-22(36)16-5-4-6-17(11-16)23(32-33-23)24(26,27)28/h4-12H,1-2H2,3H3,(H,29,35)(H,30,36). The summed E-state index contributed by atoms with van der Waals surface area (Å²) in [6.07, 6.45) is -4.69. The highest BCUT2D eigenvalue weighted by Crippen LogP contribution is 2.52. The third-order valence-corrected chi connectivity index (χ3v) is 5.61. The molecule has 184 valence electrons. The lowest BCUT2D eigenvalue weighted by molar-refractivity contribution is -0.166. The molecule has 1 aliphatic rings. The zero-order chi connectivity index (χ0) is 26.3. The Hall–Kier alpha value is -4.25. The van der Waals surface area contributed by atoms with E-state index in [0.717, 1.165) is 6.07 Å². The normalized spacial score (nSPS) is 13.7. The molecule has 36 heavy (non-hydrogen) atoms. The average Bonchev–Trinajstić information content (AvgIpc) is 3.58. The molecule has 8 nitrogen and oxygen atoms in total. The fourth-order valence-electron chi connectivity index (χ4n) is 3.29. The monoisotopic (exact) mass is 514 g/mol. The van der Waals surface area contributed by atoms with E-state index in [-0.39, 0.29) is 21.7 Å². The van der Waals surface area contributed by atoms with Crippen LogP contribution in [0.4, 0.5) is 24.7 Å². The highest BCUT2D eigenvalue weighted by molar-refractivity contribution is 6.35. The van der Waals surface area contributed by atoms with Crippen LogP contribution in [-0.4, -0.2) is 27.8 Å². The van der Waals surface area contributed by atoms with Gasteiger partial charge in [-0.05, 0) is 24.3 Å². The van der Waals surface area contributed by atoms with Crippen LogP contribution >= 0.6 is 11.6 Å². The Bertz CT molecular complexity index is 1420. The van der Waals surface area contributed by atoms with Crippen molar-refractivity contribution in [2.24, 2.45) is 17.3 Å². The van der Waals surface area contributed by atoms with E-state index in [4.69, 9.17) is 11.6 Å². The second kappa shape index (κ2) is 9.08. The second-order valence-corrected chi connectivity index (χ2v) is 8.31. The average molecular weight is 515 g/mol. The summed E-state index contributed by atoms with van der Waals surface area (Å²) in [7, 11) is 1.61. The lowest BCUT2D eigenvalue weighted by Gasteiger charge is -2.15. The van der Waals surface area contributed by atoms with E-state index >= 15 is 0 Å². The molecular formula is C24H18ClF3N6O2. The van der Waals surface area contributed by atoms with Crippen molar-refractivity contribution in [1.29, 1.82) is 0 Å². The molecule has 0 unspecified atom stereocenters. The van der Waals surface area contributed by atoms with Gasteiger partial charge in [0.1, 0.15) is 5.82 Å². The minimum absolute atomic E-state index is 0.0116. The van der Waals surface area contributed by atoms with Crippen LogP contribution in [0.25, 0.3) is 11.3 Å². The van der Waals surface area contributed by atoms with Crippen molar-refractivity contribution >= 4 is 34.9 Å². The van der Waals surface area contributed by atoms with Gasteiger partial charge in [0.25, 0.3) is 11.8 Å². The van der Waals surface area contributed by atoms with Gasteiger partial charge in [-0.2, -0.15) is 18.3 Å². The zero-order valence-electron chi connectivity index (χ0n) is 18.7. The van der Waals surface area contributed by atoms with E-state index in [1.54, 1.807) is 37.4 Å². The number of rotatable bonds is 7. The van der Waals surface area contributed by atoms with Gasteiger partial charge in [0.05, 0.1) is 11.3 Å². The van der Waals surface area contributed by atoms with Crippen molar-refractivity contribution in [2.45, 2.75) is 11.8 Å². The molecule has 0 bridgehead atoms. The van der Waals surface area contributed by atoms with Gasteiger partial charge in [0.2, 0.25) is 0 Å². The maximum atomic E-state index is 13.3. The molecule has 0 aliphatic carbocycles. The number of nitrogens with one attached hydrogen (secondary N) is 2. The number of carbonyl (C=O) groups is 2. The van der Waals surface area contributed by atoms with Crippen molar-refractivity contribution in [3.8, 4) is 11.3 Å². The van der Waals surface area contributed by atoms with Gasteiger partial charge >= 0.3 is 11.8 Å². The summed E-state index contributed by atoms with van der Waals surface area (Å²) >= 11 is 5.69. The van der Waals surface area contributed by atoms with Crippen LogP contribution in [0.1, 0.15) is 15.9 Å². The first-order valence-electron chi connectivity index (χ1n) is 10.3. The summed E-state index contributed by atoms with van der Waals surface area (Å²) in [5.41, 5.74) is -1.08. The van der Waals surface area contributed by atoms with Crippen LogP contribution in [0, 0.1) is 0 Å². The van der Waals surface area contributed by atoms with E-state index in [2.05, 4.69) is 39.1 Å². The van der Waals surface area contributed by atoms with Crippen LogP contribution in [-0.2, 0) is 17.5 Å². The van der Waals surface area contributed by atoms with Crippen LogP contribution in [0.15, 0.2) is 88.6 Å². The molecule has 2 heterocycles. The molecular weight excluding hydrogens is 497 g/mol. The third-order valence-electron chi connectivity index (χ3n) is 5.38. The van der Waals surface area contributed by atoms with Crippen molar-refractivity contribution in [3.05, 3.63) is 89.5 Å². The number of aromatic nitrogens is 2. The number of carbonyl (C=O) groups excluding carboxylic acids is 2. The van der Waals surface area contributed by atoms with Gasteiger partial charge in [-0.15, -0.1) is 10.2 Å².